The summed E-state index contributed by atoms with van der Waals surface area (Å²) in [5, 5.41) is 3.55. The first-order chi connectivity index (χ1) is 10.3. The average molecular weight is 287 g/mol. The Bertz CT molecular complexity index is 440. The molecule has 2 fully saturated rings. The number of para-hydroxylation sites is 1. The minimum atomic E-state index is 0.865. The zero-order valence-electron chi connectivity index (χ0n) is 13.4. The van der Waals surface area contributed by atoms with Gasteiger partial charge in [0, 0.05) is 31.9 Å². The fourth-order valence-corrected chi connectivity index (χ4v) is 3.76. The highest BCUT2D eigenvalue weighted by Gasteiger charge is 2.20. The van der Waals surface area contributed by atoms with E-state index in [0.717, 1.165) is 5.92 Å². The van der Waals surface area contributed by atoms with Crippen LogP contribution in [0.1, 0.15) is 24.8 Å². The van der Waals surface area contributed by atoms with Crippen LogP contribution in [0.4, 0.5) is 5.69 Å². The molecule has 3 rings (SSSR count). The molecule has 1 aromatic rings. The molecule has 2 heterocycles. The number of nitrogens with zero attached hydrogens (tertiary/aromatic N) is 2. The molecule has 3 heteroatoms. The molecule has 0 aliphatic carbocycles. The van der Waals surface area contributed by atoms with Crippen LogP contribution in [-0.2, 0) is 0 Å². The highest BCUT2D eigenvalue weighted by atomic mass is 15.2. The first kappa shape index (κ1) is 14.9. The van der Waals surface area contributed by atoms with Crippen LogP contribution in [0.5, 0.6) is 0 Å². The third kappa shape index (κ3) is 3.98. The number of anilines is 1. The molecule has 21 heavy (non-hydrogen) atoms. The van der Waals surface area contributed by atoms with Gasteiger partial charge in [0.25, 0.3) is 0 Å². The number of piperidine rings is 1. The lowest BCUT2D eigenvalue weighted by Crippen LogP contribution is -2.39. The van der Waals surface area contributed by atoms with Gasteiger partial charge in [-0.15, -0.1) is 0 Å². The van der Waals surface area contributed by atoms with E-state index in [4.69, 9.17) is 0 Å². The Balaban J connectivity index is 1.55. The Morgan fingerprint density at radius 3 is 2.81 bits per heavy atom. The summed E-state index contributed by atoms with van der Waals surface area (Å²) in [6.07, 6.45) is 4.05. The number of hydrogen-bond acceptors (Lipinski definition) is 3. The minimum Gasteiger partial charge on any atom is -0.370 e. The molecule has 0 spiro atoms. The summed E-state index contributed by atoms with van der Waals surface area (Å²) in [5.41, 5.74) is 2.83. The minimum absolute atomic E-state index is 0.865. The predicted octanol–water partition coefficient (Wildman–Crippen LogP) is 2.51. The Morgan fingerprint density at radius 2 is 2.00 bits per heavy atom. The Morgan fingerprint density at radius 1 is 1.10 bits per heavy atom. The first-order valence-corrected chi connectivity index (χ1v) is 8.56. The number of benzene rings is 1. The molecule has 1 atom stereocenters. The summed E-state index contributed by atoms with van der Waals surface area (Å²) in [7, 11) is 0. The summed E-state index contributed by atoms with van der Waals surface area (Å²) >= 11 is 0. The van der Waals surface area contributed by atoms with Crippen LogP contribution >= 0.6 is 0 Å². The second-order valence-corrected chi connectivity index (χ2v) is 6.64. The lowest BCUT2D eigenvalue weighted by atomic mass is 9.99. The van der Waals surface area contributed by atoms with Crippen LogP contribution in [0.3, 0.4) is 0 Å². The normalized spacial score (nSPS) is 24.8. The number of hydrogen-bond donors (Lipinski definition) is 1. The molecule has 2 aliphatic heterocycles. The van der Waals surface area contributed by atoms with E-state index in [9.17, 15) is 0 Å². The SMILES string of the molecule is Cc1ccccc1N1CCCN(C[C@H]2CCCNC2)CC1. The topological polar surface area (TPSA) is 18.5 Å². The predicted molar refractivity (Wildman–Crippen MR) is 90.0 cm³/mol. The maximum absolute atomic E-state index is 3.55. The van der Waals surface area contributed by atoms with E-state index >= 15 is 0 Å². The number of rotatable bonds is 3. The molecular formula is C18H29N3. The van der Waals surface area contributed by atoms with Crippen LogP contribution in [0.2, 0.25) is 0 Å². The standard InChI is InChI=1S/C18H29N3/c1-16-6-2-3-8-18(16)21-11-5-10-20(12-13-21)15-17-7-4-9-19-14-17/h2-3,6,8,17,19H,4-5,7,9-15H2,1H3/t17-/m0/s1. The monoisotopic (exact) mass is 287 g/mol. The Kier molecular flexibility index (Phi) is 5.15. The van der Waals surface area contributed by atoms with Gasteiger partial charge in [0.1, 0.15) is 0 Å². The summed E-state index contributed by atoms with van der Waals surface area (Å²) in [6, 6.07) is 8.81. The van der Waals surface area contributed by atoms with Crippen LogP contribution in [-0.4, -0.2) is 50.7 Å². The van der Waals surface area contributed by atoms with Crippen LogP contribution in [0.15, 0.2) is 24.3 Å². The van der Waals surface area contributed by atoms with Crippen molar-refractivity contribution in [3.8, 4) is 0 Å². The Labute approximate surface area is 129 Å². The summed E-state index contributed by atoms with van der Waals surface area (Å²) in [5.74, 6) is 0.865. The average Bonchev–Trinajstić information content (AvgIpc) is 2.74. The zero-order chi connectivity index (χ0) is 14.5. The van der Waals surface area contributed by atoms with Gasteiger partial charge < -0.3 is 15.1 Å². The molecule has 0 amide bonds. The van der Waals surface area contributed by atoms with Gasteiger partial charge in [0.05, 0.1) is 0 Å². The third-order valence-corrected chi connectivity index (χ3v) is 4.96. The molecule has 0 saturated carbocycles. The summed E-state index contributed by atoms with van der Waals surface area (Å²) < 4.78 is 0. The molecule has 2 aliphatic rings. The first-order valence-electron chi connectivity index (χ1n) is 8.56. The van der Waals surface area contributed by atoms with E-state index in [2.05, 4.69) is 46.3 Å². The highest BCUT2D eigenvalue weighted by molar-refractivity contribution is 5.53. The van der Waals surface area contributed by atoms with Gasteiger partial charge in [-0.05, 0) is 63.4 Å². The molecule has 0 radical (unpaired) electrons. The van der Waals surface area contributed by atoms with Gasteiger partial charge in [-0.25, -0.2) is 0 Å². The lowest BCUT2D eigenvalue weighted by molar-refractivity contribution is 0.219. The molecule has 0 bridgehead atoms. The second-order valence-electron chi connectivity index (χ2n) is 6.64. The molecular weight excluding hydrogens is 258 g/mol. The van der Waals surface area contributed by atoms with E-state index in [1.165, 1.54) is 76.3 Å². The van der Waals surface area contributed by atoms with Crippen LogP contribution < -0.4 is 10.2 Å². The maximum Gasteiger partial charge on any atom is 0.0396 e. The molecule has 2 saturated heterocycles. The largest absolute Gasteiger partial charge is 0.370 e. The van der Waals surface area contributed by atoms with Crippen molar-refractivity contribution in [2.75, 3.05) is 50.7 Å². The maximum atomic E-state index is 3.55. The fraction of sp³-hybridized carbons (Fsp3) is 0.667. The smallest absolute Gasteiger partial charge is 0.0396 e. The van der Waals surface area contributed by atoms with E-state index < -0.39 is 0 Å². The summed E-state index contributed by atoms with van der Waals surface area (Å²) in [4.78, 5) is 5.27. The third-order valence-electron chi connectivity index (χ3n) is 4.96. The molecule has 116 valence electrons. The van der Waals surface area contributed by atoms with Crippen molar-refractivity contribution in [1.29, 1.82) is 0 Å². The van der Waals surface area contributed by atoms with Gasteiger partial charge in [0.2, 0.25) is 0 Å². The van der Waals surface area contributed by atoms with E-state index in [0.29, 0.717) is 0 Å². The molecule has 0 aromatic heterocycles. The number of nitrogens with one attached hydrogen (secondary N) is 1. The van der Waals surface area contributed by atoms with Gasteiger partial charge in [-0.2, -0.15) is 0 Å². The van der Waals surface area contributed by atoms with Crippen molar-refractivity contribution in [2.45, 2.75) is 26.2 Å². The van der Waals surface area contributed by atoms with Gasteiger partial charge in [-0.3, -0.25) is 0 Å². The molecule has 1 aromatic carbocycles. The molecule has 1 N–H and O–H groups in total. The van der Waals surface area contributed by atoms with Crippen molar-refractivity contribution in [2.24, 2.45) is 5.92 Å². The van der Waals surface area contributed by atoms with Crippen molar-refractivity contribution >= 4 is 5.69 Å². The van der Waals surface area contributed by atoms with E-state index in [1.807, 2.05) is 0 Å². The molecule has 3 nitrogen and oxygen atoms in total. The van der Waals surface area contributed by atoms with Gasteiger partial charge >= 0.3 is 0 Å². The van der Waals surface area contributed by atoms with E-state index in [-0.39, 0.29) is 0 Å². The summed E-state index contributed by atoms with van der Waals surface area (Å²) in [6.45, 7) is 10.8. The van der Waals surface area contributed by atoms with Gasteiger partial charge in [-0.1, -0.05) is 18.2 Å². The lowest BCUT2D eigenvalue weighted by Gasteiger charge is -2.29. The Hall–Kier alpha value is -1.06. The van der Waals surface area contributed by atoms with Crippen molar-refractivity contribution in [3.05, 3.63) is 29.8 Å². The van der Waals surface area contributed by atoms with Crippen molar-refractivity contribution in [1.82, 2.24) is 10.2 Å². The zero-order valence-corrected chi connectivity index (χ0v) is 13.4. The highest BCUT2D eigenvalue weighted by Crippen LogP contribution is 2.21. The van der Waals surface area contributed by atoms with Crippen LogP contribution in [0, 0.1) is 12.8 Å². The molecule has 0 unspecified atom stereocenters. The quantitative estimate of drug-likeness (QED) is 0.921. The van der Waals surface area contributed by atoms with Crippen molar-refractivity contribution in [3.63, 3.8) is 0 Å². The van der Waals surface area contributed by atoms with E-state index in [1.54, 1.807) is 0 Å². The van der Waals surface area contributed by atoms with Crippen LogP contribution in [0.25, 0.3) is 0 Å². The fourth-order valence-electron chi connectivity index (χ4n) is 3.76. The van der Waals surface area contributed by atoms with Crippen molar-refractivity contribution < 1.29 is 0 Å². The number of aryl methyl sites for hydroxylation is 1. The second kappa shape index (κ2) is 7.28. The van der Waals surface area contributed by atoms with Gasteiger partial charge in [0.15, 0.2) is 0 Å².